The average Bonchev–Trinajstić information content (AvgIpc) is 2.42. The van der Waals surface area contributed by atoms with Gasteiger partial charge < -0.3 is 4.74 Å². The van der Waals surface area contributed by atoms with E-state index >= 15 is 0 Å². The van der Waals surface area contributed by atoms with E-state index in [0.717, 1.165) is 11.1 Å². The van der Waals surface area contributed by atoms with Gasteiger partial charge in [0.2, 0.25) is 0 Å². The molecule has 0 aliphatic carbocycles. The molecule has 2 rings (SSSR count). The Kier molecular flexibility index (Phi) is 4.70. The monoisotopic (exact) mass is 325 g/mol. The second-order valence-electron chi connectivity index (χ2n) is 4.65. The number of ether oxygens (including phenoxy) is 1. The van der Waals surface area contributed by atoms with Crippen LogP contribution in [-0.4, -0.2) is 4.92 Å². The Morgan fingerprint density at radius 2 is 1.86 bits per heavy atom. The van der Waals surface area contributed by atoms with Gasteiger partial charge in [0, 0.05) is 16.1 Å². The third-order valence-corrected chi connectivity index (χ3v) is 3.60. The van der Waals surface area contributed by atoms with Crippen LogP contribution in [0.3, 0.4) is 0 Å². The first-order valence-corrected chi connectivity index (χ1v) is 7.11. The first kappa shape index (κ1) is 15.6. The van der Waals surface area contributed by atoms with E-state index in [2.05, 4.69) is 0 Å². The van der Waals surface area contributed by atoms with E-state index in [4.69, 9.17) is 27.9 Å². The summed E-state index contributed by atoms with van der Waals surface area (Å²) in [7, 11) is 0. The van der Waals surface area contributed by atoms with E-state index < -0.39 is 4.92 Å². The highest BCUT2D eigenvalue weighted by atomic mass is 35.5. The van der Waals surface area contributed by atoms with Crippen LogP contribution in [0.1, 0.15) is 16.7 Å². The van der Waals surface area contributed by atoms with Crippen molar-refractivity contribution in [1.29, 1.82) is 0 Å². The summed E-state index contributed by atoms with van der Waals surface area (Å²) < 4.78 is 5.78. The fraction of sp³-hybridized carbons (Fsp3) is 0.200. The predicted octanol–water partition coefficient (Wildman–Crippen LogP) is 5.40. The third-order valence-electron chi connectivity index (χ3n) is 3.08. The Morgan fingerprint density at radius 1 is 1.14 bits per heavy atom. The maximum Gasteiger partial charge on any atom is 0.276 e. The average molecular weight is 326 g/mol. The van der Waals surface area contributed by atoms with Crippen molar-refractivity contribution in [2.75, 3.05) is 0 Å². The zero-order valence-electron chi connectivity index (χ0n) is 11.5. The maximum atomic E-state index is 11.0. The largest absolute Gasteiger partial charge is 0.456 e. The Balaban J connectivity index is 2.44. The van der Waals surface area contributed by atoms with Gasteiger partial charge in [0.05, 0.1) is 16.9 Å². The van der Waals surface area contributed by atoms with Crippen molar-refractivity contribution >= 4 is 28.9 Å². The van der Waals surface area contributed by atoms with Gasteiger partial charge in [-0.1, -0.05) is 11.6 Å². The molecule has 6 heteroatoms. The number of nitro benzene ring substituents is 1. The van der Waals surface area contributed by atoms with Crippen molar-refractivity contribution < 1.29 is 9.66 Å². The lowest BCUT2D eigenvalue weighted by molar-refractivity contribution is -0.385. The highest BCUT2D eigenvalue weighted by Gasteiger charge is 2.16. The van der Waals surface area contributed by atoms with E-state index in [-0.39, 0.29) is 11.6 Å². The molecule has 0 saturated carbocycles. The lowest BCUT2D eigenvalue weighted by Gasteiger charge is -2.12. The molecule has 110 valence electrons. The number of hydrogen-bond donors (Lipinski definition) is 0. The molecule has 0 aliphatic heterocycles. The summed E-state index contributed by atoms with van der Waals surface area (Å²) in [5.74, 6) is 1.21. The maximum absolute atomic E-state index is 11.0. The summed E-state index contributed by atoms with van der Waals surface area (Å²) in [6, 6.07) is 8.25. The molecule has 0 spiro atoms. The normalized spacial score (nSPS) is 10.5. The summed E-state index contributed by atoms with van der Waals surface area (Å²) in [5, 5.41) is 11.6. The Bertz CT molecular complexity index is 702. The Morgan fingerprint density at radius 3 is 2.48 bits per heavy atom. The molecule has 0 N–H and O–H groups in total. The van der Waals surface area contributed by atoms with Crippen molar-refractivity contribution in [3.8, 4) is 11.5 Å². The van der Waals surface area contributed by atoms with E-state index in [1.807, 2.05) is 6.92 Å². The molecule has 0 aliphatic rings. The van der Waals surface area contributed by atoms with Crippen LogP contribution in [0.25, 0.3) is 0 Å². The van der Waals surface area contributed by atoms with Gasteiger partial charge in [-0.2, -0.15) is 0 Å². The summed E-state index contributed by atoms with van der Waals surface area (Å²) >= 11 is 11.8. The van der Waals surface area contributed by atoms with E-state index in [1.165, 1.54) is 6.07 Å². The first-order valence-electron chi connectivity index (χ1n) is 6.20. The molecule has 4 nitrogen and oxygen atoms in total. The molecule has 0 saturated heterocycles. The minimum Gasteiger partial charge on any atom is -0.456 e. The molecule has 2 aromatic carbocycles. The molecule has 0 aromatic heterocycles. The molecule has 0 atom stereocenters. The van der Waals surface area contributed by atoms with Crippen molar-refractivity contribution in [3.63, 3.8) is 0 Å². The molecular weight excluding hydrogens is 313 g/mol. The first-order chi connectivity index (χ1) is 9.92. The van der Waals surface area contributed by atoms with Gasteiger partial charge in [-0.15, -0.1) is 11.6 Å². The van der Waals surface area contributed by atoms with Crippen molar-refractivity contribution in [1.82, 2.24) is 0 Å². The van der Waals surface area contributed by atoms with Crippen LogP contribution < -0.4 is 4.74 Å². The molecule has 0 unspecified atom stereocenters. The van der Waals surface area contributed by atoms with Gasteiger partial charge in [-0.05, 0) is 43.7 Å². The second-order valence-corrected chi connectivity index (χ2v) is 5.35. The van der Waals surface area contributed by atoms with Crippen molar-refractivity contribution in [3.05, 3.63) is 62.2 Å². The lowest BCUT2D eigenvalue weighted by atomic mass is 10.1. The van der Waals surface area contributed by atoms with Gasteiger partial charge in [-0.3, -0.25) is 10.1 Å². The van der Waals surface area contributed by atoms with Crippen molar-refractivity contribution in [2.24, 2.45) is 0 Å². The molecular formula is C15H13Cl2NO3. The van der Waals surface area contributed by atoms with Crippen LogP contribution in [-0.2, 0) is 5.88 Å². The Labute approximate surface area is 132 Å². The van der Waals surface area contributed by atoms with Crippen LogP contribution >= 0.6 is 23.2 Å². The van der Waals surface area contributed by atoms with Crippen molar-refractivity contribution in [2.45, 2.75) is 19.7 Å². The highest BCUT2D eigenvalue weighted by molar-refractivity contribution is 6.30. The lowest BCUT2D eigenvalue weighted by Crippen LogP contribution is -1.96. The number of nitro groups is 1. The van der Waals surface area contributed by atoms with Crippen LogP contribution in [0.4, 0.5) is 5.69 Å². The van der Waals surface area contributed by atoms with E-state index in [9.17, 15) is 10.1 Å². The number of aryl methyl sites for hydroxylation is 2. The Hall–Kier alpha value is -1.78. The number of hydrogen-bond acceptors (Lipinski definition) is 3. The SMILES string of the molecule is Cc1cc(C)c([N+](=O)[O-])cc1Oc1ccc(Cl)cc1CCl. The topological polar surface area (TPSA) is 52.4 Å². The molecule has 0 bridgehead atoms. The van der Waals surface area contributed by atoms with Crippen LogP contribution in [0.5, 0.6) is 11.5 Å². The molecule has 0 heterocycles. The third kappa shape index (κ3) is 3.46. The standard InChI is InChI=1S/C15H13Cl2NO3/c1-9-5-10(2)15(7-13(9)18(19)20)21-14-4-3-12(17)6-11(14)8-16/h3-7H,8H2,1-2H3. The van der Waals surface area contributed by atoms with Crippen LogP contribution in [0.15, 0.2) is 30.3 Å². The predicted molar refractivity (Wildman–Crippen MR) is 83.7 cm³/mol. The quantitative estimate of drug-likeness (QED) is 0.430. The van der Waals surface area contributed by atoms with E-state index in [1.54, 1.807) is 31.2 Å². The van der Waals surface area contributed by atoms with Gasteiger partial charge in [0.1, 0.15) is 11.5 Å². The minimum absolute atomic E-state index is 0.0250. The molecule has 0 radical (unpaired) electrons. The van der Waals surface area contributed by atoms with Crippen LogP contribution in [0.2, 0.25) is 5.02 Å². The fourth-order valence-electron chi connectivity index (χ4n) is 2.00. The number of halogens is 2. The highest BCUT2D eigenvalue weighted by Crippen LogP contribution is 2.34. The number of rotatable bonds is 4. The summed E-state index contributed by atoms with van der Waals surface area (Å²) in [6.07, 6.45) is 0. The number of alkyl halides is 1. The zero-order valence-corrected chi connectivity index (χ0v) is 13.0. The van der Waals surface area contributed by atoms with Crippen LogP contribution in [0, 0.1) is 24.0 Å². The minimum atomic E-state index is -0.425. The summed E-state index contributed by atoms with van der Waals surface area (Å²) in [5.41, 5.74) is 2.16. The van der Waals surface area contributed by atoms with Gasteiger partial charge in [-0.25, -0.2) is 0 Å². The van der Waals surface area contributed by atoms with Gasteiger partial charge in [0.25, 0.3) is 5.69 Å². The summed E-state index contributed by atoms with van der Waals surface area (Å²) in [4.78, 5) is 10.6. The fourth-order valence-corrected chi connectivity index (χ4v) is 2.40. The van der Waals surface area contributed by atoms with Gasteiger partial charge in [0.15, 0.2) is 0 Å². The molecule has 0 fully saturated rings. The molecule has 21 heavy (non-hydrogen) atoms. The van der Waals surface area contributed by atoms with Gasteiger partial charge >= 0.3 is 0 Å². The number of benzene rings is 2. The molecule has 2 aromatic rings. The molecule has 0 amide bonds. The summed E-state index contributed by atoms with van der Waals surface area (Å²) in [6.45, 7) is 3.53. The number of nitrogens with zero attached hydrogens (tertiary/aromatic N) is 1. The second kappa shape index (κ2) is 6.33. The zero-order chi connectivity index (χ0) is 15.6. The smallest absolute Gasteiger partial charge is 0.276 e. The van der Waals surface area contributed by atoms with E-state index in [0.29, 0.717) is 22.1 Å².